The van der Waals surface area contributed by atoms with Gasteiger partial charge >= 0.3 is 7.60 Å². The molecule has 0 saturated carbocycles. The number of phenolic OH excluding ortho intramolecular Hbond substituents is 2. The van der Waals surface area contributed by atoms with Gasteiger partial charge in [-0.25, -0.2) is 0 Å². The molecule has 0 aromatic heterocycles. The molecule has 30 heavy (non-hydrogen) atoms. The van der Waals surface area contributed by atoms with Crippen molar-refractivity contribution < 1.29 is 24.6 Å². The summed E-state index contributed by atoms with van der Waals surface area (Å²) in [6, 6.07) is 10.4. The van der Waals surface area contributed by atoms with E-state index in [0.29, 0.717) is 18.7 Å². The molecule has 0 unspecified atom stereocenters. The Kier molecular flexibility index (Phi) is 6.97. The second-order valence-corrected chi connectivity index (χ2v) is 11.5. The van der Waals surface area contributed by atoms with Crippen molar-refractivity contribution >= 4 is 13.3 Å². The summed E-state index contributed by atoms with van der Waals surface area (Å²) in [5.74, 6) is 0.405. The van der Waals surface area contributed by atoms with E-state index in [9.17, 15) is 24.6 Å². The summed E-state index contributed by atoms with van der Waals surface area (Å²) in [6.45, 7) is 12.4. The van der Waals surface area contributed by atoms with Gasteiger partial charge in [-0.05, 0) is 47.1 Å². The zero-order valence-corrected chi connectivity index (χ0v) is 19.6. The lowest BCUT2D eigenvalue weighted by atomic mass is 9.79. The van der Waals surface area contributed by atoms with Crippen molar-refractivity contribution in [1.82, 2.24) is 0 Å². The van der Waals surface area contributed by atoms with Crippen LogP contribution in [0.4, 0.5) is 5.69 Å². The first-order valence-electron chi connectivity index (χ1n) is 10.0. The molecule has 0 aliphatic rings. The summed E-state index contributed by atoms with van der Waals surface area (Å²) in [6.07, 6.45) is 0.139. The first-order valence-corrected chi connectivity index (χ1v) is 11.8. The maximum atomic E-state index is 11.9. The van der Waals surface area contributed by atoms with Gasteiger partial charge in [-0.1, -0.05) is 53.7 Å². The molecule has 0 saturated heterocycles. The van der Waals surface area contributed by atoms with Crippen LogP contribution in [0.3, 0.4) is 0 Å². The van der Waals surface area contributed by atoms with Crippen LogP contribution in [0.1, 0.15) is 58.2 Å². The van der Waals surface area contributed by atoms with Gasteiger partial charge in [-0.2, -0.15) is 0 Å². The highest BCUT2D eigenvalue weighted by Crippen LogP contribution is 2.44. The molecule has 0 spiro atoms. The molecule has 2 aromatic carbocycles. The lowest BCUT2D eigenvalue weighted by Gasteiger charge is -2.32. The van der Waals surface area contributed by atoms with Crippen LogP contribution in [0.2, 0.25) is 0 Å². The minimum Gasteiger partial charge on any atom is -0.508 e. The van der Waals surface area contributed by atoms with E-state index >= 15 is 0 Å². The molecular formula is C23H34NO5P. The van der Waals surface area contributed by atoms with Crippen molar-refractivity contribution in [2.24, 2.45) is 0 Å². The molecule has 7 heteroatoms. The summed E-state index contributed by atoms with van der Waals surface area (Å²) < 4.78 is 11.9. The monoisotopic (exact) mass is 435 g/mol. The summed E-state index contributed by atoms with van der Waals surface area (Å²) >= 11 is 0. The molecule has 2 aromatic rings. The van der Waals surface area contributed by atoms with E-state index in [1.54, 1.807) is 29.2 Å². The zero-order chi connectivity index (χ0) is 22.9. The van der Waals surface area contributed by atoms with Crippen molar-refractivity contribution in [3.05, 3.63) is 53.1 Å². The maximum absolute atomic E-state index is 11.9. The lowest BCUT2D eigenvalue weighted by molar-refractivity contribution is 0.372. The van der Waals surface area contributed by atoms with E-state index in [4.69, 9.17) is 0 Å². The van der Waals surface area contributed by atoms with E-state index in [1.807, 2.05) is 53.7 Å². The molecule has 0 aliphatic carbocycles. The molecule has 2 rings (SSSR count). The highest BCUT2D eigenvalue weighted by Gasteiger charge is 2.29. The SMILES string of the molecule is CC(C)(C)c1cc(N(CCc2ccc(O)cc2)CP(=O)(O)O)cc(C(C)(C)C)c1O. The van der Waals surface area contributed by atoms with Gasteiger partial charge in [0.25, 0.3) is 0 Å². The third-order valence-electron chi connectivity index (χ3n) is 5.04. The number of anilines is 1. The molecule has 0 amide bonds. The van der Waals surface area contributed by atoms with Crippen LogP contribution in [0.15, 0.2) is 36.4 Å². The van der Waals surface area contributed by atoms with Crippen LogP contribution in [0.5, 0.6) is 11.5 Å². The standard InChI is InChI=1S/C23H34NO5P/c1-22(2,3)19-13-17(14-20(21(19)26)23(4,5)6)24(15-30(27,28)29)12-11-16-7-9-18(25)10-8-16/h7-10,13-14,25-26H,11-12,15H2,1-6H3,(H2,27,28,29). The Labute approximate surface area is 179 Å². The van der Waals surface area contributed by atoms with Crippen molar-refractivity contribution in [2.45, 2.75) is 58.8 Å². The third kappa shape index (κ3) is 6.49. The fourth-order valence-electron chi connectivity index (χ4n) is 3.38. The van der Waals surface area contributed by atoms with Gasteiger partial charge in [0.05, 0.1) is 0 Å². The first-order chi connectivity index (χ1) is 13.6. The van der Waals surface area contributed by atoms with Gasteiger partial charge in [-0.3, -0.25) is 4.57 Å². The molecule has 0 atom stereocenters. The van der Waals surface area contributed by atoms with Crippen LogP contribution < -0.4 is 4.90 Å². The van der Waals surface area contributed by atoms with E-state index in [-0.39, 0.29) is 22.3 Å². The summed E-state index contributed by atoms with van der Waals surface area (Å²) in [4.78, 5) is 21.0. The van der Waals surface area contributed by atoms with Crippen LogP contribution in [0, 0.1) is 0 Å². The second-order valence-electron chi connectivity index (χ2n) is 9.88. The van der Waals surface area contributed by atoms with Crippen LogP contribution in [-0.2, 0) is 21.8 Å². The molecular weight excluding hydrogens is 401 g/mol. The van der Waals surface area contributed by atoms with Crippen molar-refractivity contribution in [3.8, 4) is 11.5 Å². The first kappa shape index (κ1) is 24.3. The maximum Gasteiger partial charge on any atom is 0.344 e. The van der Waals surface area contributed by atoms with E-state index < -0.39 is 13.9 Å². The van der Waals surface area contributed by atoms with E-state index in [2.05, 4.69) is 0 Å². The molecule has 0 bridgehead atoms. The third-order valence-corrected chi connectivity index (χ3v) is 5.75. The van der Waals surface area contributed by atoms with Crippen LogP contribution >= 0.6 is 7.60 Å². The van der Waals surface area contributed by atoms with Crippen molar-refractivity contribution in [2.75, 3.05) is 17.7 Å². The predicted molar refractivity (Wildman–Crippen MR) is 122 cm³/mol. The van der Waals surface area contributed by atoms with Gasteiger partial charge in [0.1, 0.15) is 17.8 Å². The van der Waals surface area contributed by atoms with E-state index in [1.165, 1.54) is 0 Å². The summed E-state index contributed by atoms with van der Waals surface area (Å²) in [5, 5.41) is 20.4. The summed E-state index contributed by atoms with van der Waals surface area (Å²) in [7, 11) is -4.32. The smallest absolute Gasteiger partial charge is 0.344 e. The Morgan fingerprint density at radius 1 is 0.867 bits per heavy atom. The topological polar surface area (TPSA) is 101 Å². The van der Waals surface area contributed by atoms with Gasteiger partial charge < -0.3 is 24.9 Å². The fourth-order valence-corrected chi connectivity index (χ4v) is 4.13. The van der Waals surface area contributed by atoms with Crippen molar-refractivity contribution in [1.29, 1.82) is 0 Å². The predicted octanol–water partition coefficient (Wildman–Crippen LogP) is 4.88. The Hall–Kier alpha value is -2.01. The second kappa shape index (κ2) is 8.62. The van der Waals surface area contributed by atoms with Crippen LogP contribution in [0.25, 0.3) is 0 Å². The quantitative estimate of drug-likeness (QED) is 0.483. The average molecular weight is 436 g/mol. The normalized spacial score (nSPS) is 12.8. The minimum atomic E-state index is -4.32. The molecule has 0 heterocycles. The summed E-state index contributed by atoms with van der Waals surface area (Å²) in [5.41, 5.74) is 2.42. The number of benzene rings is 2. The zero-order valence-electron chi connectivity index (χ0n) is 18.7. The van der Waals surface area contributed by atoms with E-state index in [0.717, 1.165) is 16.7 Å². The van der Waals surface area contributed by atoms with Crippen molar-refractivity contribution in [3.63, 3.8) is 0 Å². The highest BCUT2D eigenvalue weighted by molar-refractivity contribution is 7.51. The Balaban J connectivity index is 2.53. The Morgan fingerprint density at radius 2 is 1.33 bits per heavy atom. The van der Waals surface area contributed by atoms with Gasteiger partial charge in [0.15, 0.2) is 0 Å². The minimum absolute atomic E-state index is 0.175. The number of phenols is 2. The molecule has 0 fully saturated rings. The Bertz CT molecular complexity index is 885. The fraction of sp³-hybridized carbons (Fsp3) is 0.478. The molecule has 166 valence electrons. The van der Waals surface area contributed by atoms with Crippen LogP contribution in [-0.4, -0.2) is 32.8 Å². The number of aromatic hydroxyl groups is 2. The Morgan fingerprint density at radius 3 is 1.73 bits per heavy atom. The van der Waals surface area contributed by atoms with Gasteiger partial charge in [0, 0.05) is 23.4 Å². The molecule has 6 nitrogen and oxygen atoms in total. The lowest BCUT2D eigenvalue weighted by Crippen LogP contribution is -2.28. The largest absolute Gasteiger partial charge is 0.508 e. The van der Waals surface area contributed by atoms with Gasteiger partial charge in [-0.15, -0.1) is 0 Å². The highest BCUT2D eigenvalue weighted by atomic mass is 31.2. The molecule has 0 radical (unpaired) electrons. The molecule has 0 aliphatic heterocycles. The molecule has 4 N–H and O–H groups in total. The van der Waals surface area contributed by atoms with Gasteiger partial charge in [0.2, 0.25) is 0 Å². The number of hydrogen-bond donors (Lipinski definition) is 4. The average Bonchev–Trinajstić information content (AvgIpc) is 2.57. The number of hydrogen-bond acceptors (Lipinski definition) is 4. The number of nitrogens with zero attached hydrogens (tertiary/aromatic N) is 1. The number of rotatable bonds is 6.